The lowest BCUT2D eigenvalue weighted by atomic mass is 9.86. The maximum Gasteiger partial charge on any atom is 0.314 e. The van der Waals surface area contributed by atoms with Crippen LogP contribution in [0.1, 0.15) is 30.7 Å². The SMILES string of the molecule is COC(=O)[C@@H](c1ccc(OC)cc1)[C@@H]1CCCCN1. The molecule has 4 heteroatoms. The predicted molar refractivity (Wildman–Crippen MR) is 73.4 cm³/mol. The van der Waals surface area contributed by atoms with Gasteiger partial charge in [0, 0.05) is 6.04 Å². The molecule has 0 radical (unpaired) electrons. The first-order valence-electron chi connectivity index (χ1n) is 6.71. The normalized spacial score (nSPS) is 20.6. The third-order valence-electron chi connectivity index (χ3n) is 3.68. The number of nitrogens with one attached hydrogen (secondary N) is 1. The van der Waals surface area contributed by atoms with Gasteiger partial charge < -0.3 is 14.8 Å². The molecule has 2 atom stereocenters. The second kappa shape index (κ2) is 6.57. The highest BCUT2D eigenvalue weighted by Gasteiger charge is 2.31. The molecule has 0 amide bonds. The van der Waals surface area contributed by atoms with Crippen LogP contribution in [0.5, 0.6) is 5.75 Å². The van der Waals surface area contributed by atoms with Crippen LogP contribution >= 0.6 is 0 Å². The van der Waals surface area contributed by atoms with E-state index in [-0.39, 0.29) is 17.9 Å². The molecule has 4 nitrogen and oxygen atoms in total. The van der Waals surface area contributed by atoms with Crippen LogP contribution in [0.25, 0.3) is 0 Å². The molecule has 1 saturated heterocycles. The molecule has 1 N–H and O–H groups in total. The molecule has 1 aliphatic heterocycles. The summed E-state index contributed by atoms with van der Waals surface area (Å²) in [6.45, 7) is 0.967. The van der Waals surface area contributed by atoms with Gasteiger partial charge in [0.2, 0.25) is 0 Å². The summed E-state index contributed by atoms with van der Waals surface area (Å²) in [5.74, 6) is 0.379. The molecule has 0 unspecified atom stereocenters. The predicted octanol–water partition coefficient (Wildman–Crippen LogP) is 2.09. The first-order chi connectivity index (χ1) is 9.26. The number of carbonyl (C=O) groups is 1. The van der Waals surface area contributed by atoms with Crippen molar-refractivity contribution in [1.82, 2.24) is 5.32 Å². The summed E-state index contributed by atoms with van der Waals surface area (Å²) in [6, 6.07) is 7.81. The average Bonchev–Trinajstić information content (AvgIpc) is 2.49. The Bertz CT molecular complexity index is 410. The van der Waals surface area contributed by atoms with Crippen LogP contribution in [0.3, 0.4) is 0 Å². The Morgan fingerprint density at radius 2 is 2.00 bits per heavy atom. The Labute approximate surface area is 114 Å². The van der Waals surface area contributed by atoms with E-state index in [0.29, 0.717) is 0 Å². The van der Waals surface area contributed by atoms with E-state index < -0.39 is 0 Å². The van der Waals surface area contributed by atoms with Crippen LogP contribution < -0.4 is 10.1 Å². The van der Waals surface area contributed by atoms with Crippen LogP contribution in [0.4, 0.5) is 0 Å². The maximum atomic E-state index is 12.1. The third kappa shape index (κ3) is 3.26. The second-order valence-electron chi connectivity index (χ2n) is 4.83. The quantitative estimate of drug-likeness (QED) is 0.845. The summed E-state index contributed by atoms with van der Waals surface area (Å²) in [6.07, 6.45) is 3.33. The van der Waals surface area contributed by atoms with Crippen molar-refractivity contribution in [3.05, 3.63) is 29.8 Å². The summed E-state index contributed by atoms with van der Waals surface area (Å²) in [4.78, 5) is 12.1. The standard InChI is InChI=1S/C15H21NO3/c1-18-12-8-6-11(7-9-12)14(15(17)19-2)13-5-3-4-10-16-13/h6-9,13-14,16H,3-5,10H2,1-2H3/t13-,14-/m0/s1. The fraction of sp³-hybridized carbons (Fsp3) is 0.533. The number of esters is 1. The fourth-order valence-electron chi connectivity index (χ4n) is 2.63. The topological polar surface area (TPSA) is 47.6 Å². The van der Waals surface area contributed by atoms with Crippen molar-refractivity contribution in [2.45, 2.75) is 31.2 Å². The monoisotopic (exact) mass is 263 g/mol. The lowest BCUT2D eigenvalue weighted by Gasteiger charge is -2.30. The van der Waals surface area contributed by atoms with Gasteiger partial charge >= 0.3 is 5.97 Å². The Kier molecular flexibility index (Phi) is 4.80. The van der Waals surface area contributed by atoms with E-state index in [9.17, 15) is 4.79 Å². The van der Waals surface area contributed by atoms with Gasteiger partial charge in [-0.1, -0.05) is 18.6 Å². The molecule has 0 aromatic heterocycles. The minimum absolute atomic E-state index is 0.162. The molecule has 0 aliphatic carbocycles. The van der Waals surface area contributed by atoms with E-state index in [1.54, 1.807) is 7.11 Å². The number of ether oxygens (including phenoxy) is 2. The molecule has 0 saturated carbocycles. The van der Waals surface area contributed by atoms with Gasteiger partial charge in [-0.25, -0.2) is 0 Å². The number of benzene rings is 1. The highest BCUT2D eigenvalue weighted by atomic mass is 16.5. The highest BCUT2D eigenvalue weighted by Crippen LogP contribution is 2.28. The molecule has 0 bridgehead atoms. The fourth-order valence-corrected chi connectivity index (χ4v) is 2.63. The van der Waals surface area contributed by atoms with Crippen LogP contribution in [-0.4, -0.2) is 32.8 Å². The summed E-state index contributed by atoms with van der Waals surface area (Å²) >= 11 is 0. The van der Waals surface area contributed by atoms with Gasteiger partial charge in [0.05, 0.1) is 20.1 Å². The van der Waals surface area contributed by atoms with E-state index in [0.717, 1.165) is 30.7 Å². The van der Waals surface area contributed by atoms with Crippen molar-refractivity contribution in [3.8, 4) is 5.75 Å². The Hall–Kier alpha value is -1.55. The summed E-state index contributed by atoms with van der Waals surface area (Å²) < 4.78 is 10.1. The summed E-state index contributed by atoms with van der Waals surface area (Å²) in [7, 11) is 3.08. The molecular weight excluding hydrogens is 242 g/mol. The van der Waals surface area contributed by atoms with Gasteiger partial charge in [-0.15, -0.1) is 0 Å². The van der Waals surface area contributed by atoms with Crippen LogP contribution in [-0.2, 0) is 9.53 Å². The maximum absolute atomic E-state index is 12.1. The Balaban J connectivity index is 2.22. The smallest absolute Gasteiger partial charge is 0.314 e. The second-order valence-corrected chi connectivity index (χ2v) is 4.83. The van der Waals surface area contributed by atoms with Gasteiger partial charge in [-0.05, 0) is 37.1 Å². The summed E-state index contributed by atoms with van der Waals surface area (Å²) in [5.41, 5.74) is 0.979. The zero-order valence-electron chi connectivity index (χ0n) is 11.5. The lowest BCUT2D eigenvalue weighted by molar-refractivity contribution is -0.143. The van der Waals surface area contributed by atoms with E-state index >= 15 is 0 Å². The van der Waals surface area contributed by atoms with Gasteiger partial charge in [-0.2, -0.15) is 0 Å². The molecule has 1 aromatic rings. The van der Waals surface area contributed by atoms with Gasteiger partial charge in [0.1, 0.15) is 5.75 Å². The molecular formula is C15H21NO3. The highest BCUT2D eigenvalue weighted by molar-refractivity contribution is 5.79. The number of piperidine rings is 1. The lowest BCUT2D eigenvalue weighted by Crippen LogP contribution is -2.42. The number of hydrogen-bond acceptors (Lipinski definition) is 4. The molecule has 1 aliphatic rings. The largest absolute Gasteiger partial charge is 0.497 e. The molecule has 1 heterocycles. The van der Waals surface area contributed by atoms with E-state index in [4.69, 9.17) is 9.47 Å². The van der Waals surface area contributed by atoms with Crippen molar-refractivity contribution in [1.29, 1.82) is 0 Å². The zero-order chi connectivity index (χ0) is 13.7. The number of hydrogen-bond donors (Lipinski definition) is 1. The van der Waals surface area contributed by atoms with Crippen molar-refractivity contribution < 1.29 is 14.3 Å². The average molecular weight is 263 g/mol. The van der Waals surface area contributed by atoms with Crippen molar-refractivity contribution in [2.75, 3.05) is 20.8 Å². The minimum Gasteiger partial charge on any atom is -0.497 e. The van der Waals surface area contributed by atoms with Gasteiger partial charge in [0.15, 0.2) is 0 Å². The first-order valence-corrected chi connectivity index (χ1v) is 6.71. The number of methoxy groups -OCH3 is 2. The molecule has 0 spiro atoms. The molecule has 2 rings (SSSR count). The van der Waals surface area contributed by atoms with Crippen LogP contribution in [0, 0.1) is 0 Å². The van der Waals surface area contributed by atoms with Crippen LogP contribution in [0.15, 0.2) is 24.3 Å². The number of rotatable bonds is 4. The van der Waals surface area contributed by atoms with Crippen molar-refractivity contribution in [2.24, 2.45) is 0 Å². The third-order valence-corrected chi connectivity index (χ3v) is 3.68. The number of carbonyl (C=O) groups excluding carboxylic acids is 1. The first kappa shape index (κ1) is 13.9. The van der Waals surface area contributed by atoms with E-state index in [1.807, 2.05) is 24.3 Å². The van der Waals surface area contributed by atoms with E-state index in [1.165, 1.54) is 13.5 Å². The Morgan fingerprint density at radius 3 is 2.53 bits per heavy atom. The van der Waals surface area contributed by atoms with E-state index in [2.05, 4.69) is 5.32 Å². The molecule has 1 aromatic carbocycles. The van der Waals surface area contributed by atoms with Crippen molar-refractivity contribution in [3.63, 3.8) is 0 Å². The van der Waals surface area contributed by atoms with Gasteiger partial charge in [0.25, 0.3) is 0 Å². The zero-order valence-corrected chi connectivity index (χ0v) is 11.5. The molecule has 19 heavy (non-hydrogen) atoms. The molecule has 104 valence electrons. The molecule has 1 fully saturated rings. The van der Waals surface area contributed by atoms with Gasteiger partial charge in [-0.3, -0.25) is 4.79 Å². The Morgan fingerprint density at radius 1 is 1.26 bits per heavy atom. The van der Waals surface area contributed by atoms with Crippen molar-refractivity contribution >= 4 is 5.97 Å². The minimum atomic E-state index is -0.240. The van der Waals surface area contributed by atoms with Crippen LogP contribution in [0.2, 0.25) is 0 Å². The summed E-state index contributed by atoms with van der Waals surface area (Å²) in [5, 5.41) is 3.43.